The van der Waals surface area contributed by atoms with Crippen LogP contribution in [0.5, 0.6) is 0 Å². The van der Waals surface area contributed by atoms with Gasteiger partial charge in [-0.25, -0.2) is 9.50 Å². The van der Waals surface area contributed by atoms with Crippen molar-refractivity contribution in [2.75, 3.05) is 18.8 Å². The van der Waals surface area contributed by atoms with Crippen molar-refractivity contribution in [3.8, 4) is 22.5 Å². The monoisotopic (exact) mass is 415 g/mol. The molecule has 0 spiro atoms. The average Bonchev–Trinajstić information content (AvgIpc) is 3.14. The van der Waals surface area contributed by atoms with Crippen LogP contribution in [0, 0.1) is 0 Å². The number of nitrogens with two attached hydrogens (primary N) is 1. The minimum Gasteiger partial charge on any atom is -0.391 e. The highest BCUT2D eigenvalue weighted by atomic mass is 16.3. The number of nitrogen functional groups attached to an aromatic ring is 1. The summed E-state index contributed by atoms with van der Waals surface area (Å²) in [6, 6.07) is 9.11. The van der Waals surface area contributed by atoms with Gasteiger partial charge in [-0.05, 0) is 37.1 Å². The summed E-state index contributed by atoms with van der Waals surface area (Å²) in [4.78, 5) is 27.7. The number of aliphatic hydroxyl groups excluding tert-OH is 1. The predicted molar refractivity (Wildman–Crippen MR) is 115 cm³/mol. The second kappa shape index (κ2) is 7.77. The molecule has 3 N–H and O–H groups in total. The van der Waals surface area contributed by atoms with Crippen LogP contribution in [0.3, 0.4) is 0 Å². The van der Waals surface area contributed by atoms with Gasteiger partial charge in [0.1, 0.15) is 0 Å². The van der Waals surface area contributed by atoms with Crippen molar-refractivity contribution in [1.29, 1.82) is 0 Å². The van der Waals surface area contributed by atoms with Gasteiger partial charge < -0.3 is 15.7 Å². The molecule has 1 saturated heterocycles. The van der Waals surface area contributed by atoms with E-state index < -0.39 is 6.10 Å². The Balaban J connectivity index is 1.43. The molecule has 1 fully saturated rings. The van der Waals surface area contributed by atoms with Gasteiger partial charge in [0.2, 0.25) is 0 Å². The number of piperidine rings is 1. The third-order valence-corrected chi connectivity index (χ3v) is 5.41. The van der Waals surface area contributed by atoms with Crippen LogP contribution in [0.2, 0.25) is 0 Å². The molecule has 0 unspecified atom stereocenters. The Morgan fingerprint density at radius 2 is 2.00 bits per heavy atom. The van der Waals surface area contributed by atoms with Gasteiger partial charge in [0.05, 0.1) is 28.6 Å². The number of rotatable bonds is 3. The zero-order chi connectivity index (χ0) is 21.4. The van der Waals surface area contributed by atoms with E-state index in [1.165, 1.54) is 0 Å². The van der Waals surface area contributed by atoms with E-state index in [1.807, 2.05) is 18.2 Å². The third kappa shape index (κ3) is 3.59. The summed E-state index contributed by atoms with van der Waals surface area (Å²) in [7, 11) is 0. The Labute approximate surface area is 178 Å². The number of likely N-dealkylation sites (tertiary alicyclic amines) is 1. The first-order valence-corrected chi connectivity index (χ1v) is 10.1. The summed E-state index contributed by atoms with van der Waals surface area (Å²) in [6.07, 6.45) is 7.83. The first-order chi connectivity index (χ1) is 15.1. The van der Waals surface area contributed by atoms with Crippen LogP contribution in [0.15, 0.2) is 55.1 Å². The van der Waals surface area contributed by atoms with Gasteiger partial charge in [-0.15, -0.1) is 5.10 Å². The number of carbonyl (C=O) groups excluding carboxylic acids is 1. The Hall–Kier alpha value is -3.85. The molecule has 0 radical (unpaired) electrons. The van der Waals surface area contributed by atoms with Crippen molar-refractivity contribution in [2.45, 2.75) is 18.9 Å². The summed E-state index contributed by atoms with van der Waals surface area (Å²) >= 11 is 0. The van der Waals surface area contributed by atoms with Gasteiger partial charge >= 0.3 is 0 Å². The highest BCUT2D eigenvalue weighted by Crippen LogP contribution is 2.28. The molecule has 0 aliphatic carbocycles. The van der Waals surface area contributed by atoms with Crippen molar-refractivity contribution in [2.24, 2.45) is 0 Å². The number of carbonyl (C=O) groups is 1. The fourth-order valence-corrected chi connectivity index (χ4v) is 3.85. The summed E-state index contributed by atoms with van der Waals surface area (Å²) < 4.78 is 1.62. The lowest BCUT2D eigenvalue weighted by atomic mass is 10.1. The molecule has 9 nitrogen and oxygen atoms in total. The van der Waals surface area contributed by atoms with Crippen LogP contribution in [0.1, 0.15) is 23.2 Å². The number of pyridine rings is 2. The lowest BCUT2D eigenvalue weighted by molar-refractivity contribution is 0.0473. The highest BCUT2D eigenvalue weighted by molar-refractivity contribution is 5.94. The van der Waals surface area contributed by atoms with Crippen LogP contribution in [-0.4, -0.2) is 59.7 Å². The van der Waals surface area contributed by atoms with E-state index in [0.717, 1.165) is 18.4 Å². The number of amides is 1. The lowest BCUT2D eigenvalue weighted by Gasteiger charge is -2.30. The molecule has 1 atom stereocenters. The molecule has 4 aromatic heterocycles. The van der Waals surface area contributed by atoms with Crippen molar-refractivity contribution in [3.05, 3.63) is 60.7 Å². The standard InChI is InChI=1S/C22H21N7O2/c23-20-19(18-5-1-2-8-24-18)21-26-11-15(12-29(21)27-20)17-7-6-14(10-25-17)22(31)28-9-3-4-16(30)13-28/h1-2,5-8,10-12,16,30H,3-4,9,13H2,(H2,23,27)/t16-/m1/s1. The summed E-state index contributed by atoms with van der Waals surface area (Å²) in [5.74, 6) is 0.229. The second-order valence-corrected chi connectivity index (χ2v) is 7.57. The van der Waals surface area contributed by atoms with Crippen molar-refractivity contribution < 1.29 is 9.90 Å². The van der Waals surface area contributed by atoms with Crippen LogP contribution in [-0.2, 0) is 0 Å². The topological polar surface area (TPSA) is 123 Å². The maximum absolute atomic E-state index is 12.7. The zero-order valence-electron chi connectivity index (χ0n) is 16.7. The van der Waals surface area contributed by atoms with E-state index in [1.54, 1.807) is 46.3 Å². The van der Waals surface area contributed by atoms with E-state index in [4.69, 9.17) is 5.73 Å². The minimum absolute atomic E-state index is 0.119. The number of aliphatic hydroxyl groups is 1. The van der Waals surface area contributed by atoms with E-state index in [2.05, 4.69) is 20.1 Å². The fraction of sp³-hybridized carbons (Fsp3) is 0.227. The molecule has 1 aliphatic heterocycles. The van der Waals surface area contributed by atoms with Gasteiger partial charge in [-0.3, -0.25) is 14.8 Å². The normalized spacial score (nSPS) is 16.5. The van der Waals surface area contributed by atoms with Gasteiger partial charge in [0.25, 0.3) is 5.91 Å². The number of nitrogens with zero attached hydrogens (tertiary/aromatic N) is 6. The molecule has 5 rings (SSSR count). The van der Waals surface area contributed by atoms with E-state index in [9.17, 15) is 9.90 Å². The van der Waals surface area contributed by atoms with E-state index in [-0.39, 0.29) is 5.91 Å². The maximum Gasteiger partial charge on any atom is 0.255 e. The molecule has 5 heterocycles. The molecule has 4 aromatic rings. The number of hydrogen-bond acceptors (Lipinski definition) is 7. The molecular weight excluding hydrogens is 394 g/mol. The van der Waals surface area contributed by atoms with E-state index in [0.29, 0.717) is 47.1 Å². The second-order valence-electron chi connectivity index (χ2n) is 7.57. The molecule has 156 valence electrons. The molecule has 0 aromatic carbocycles. The van der Waals surface area contributed by atoms with Crippen LogP contribution >= 0.6 is 0 Å². The number of aromatic nitrogens is 5. The Morgan fingerprint density at radius 1 is 1.10 bits per heavy atom. The van der Waals surface area contributed by atoms with E-state index >= 15 is 0 Å². The zero-order valence-corrected chi connectivity index (χ0v) is 16.7. The Kier molecular flexibility index (Phi) is 4.79. The fourth-order valence-electron chi connectivity index (χ4n) is 3.85. The molecule has 31 heavy (non-hydrogen) atoms. The lowest BCUT2D eigenvalue weighted by Crippen LogP contribution is -2.42. The summed E-state index contributed by atoms with van der Waals surface area (Å²) in [5.41, 5.74) is 10.0. The first-order valence-electron chi connectivity index (χ1n) is 10.1. The molecular formula is C22H21N7O2. The maximum atomic E-state index is 12.7. The number of anilines is 1. The van der Waals surface area contributed by atoms with Crippen molar-refractivity contribution in [1.82, 2.24) is 29.5 Å². The molecule has 9 heteroatoms. The van der Waals surface area contributed by atoms with Gasteiger partial charge in [0.15, 0.2) is 11.5 Å². The van der Waals surface area contributed by atoms with Crippen molar-refractivity contribution in [3.63, 3.8) is 0 Å². The number of hydrogen-bond donors (Lipinski definition) is 2. The molecule has 0 saturated carbocycles. The minimum atomic E-state index is -0.458. The van der Waals surface area contributed by atoms with Gasteiger partial charge in [-0.2, -0.15) is 0 Å². The molecule has 0 bridgehead atoms. The van der Waals surface area contributed by atoms with Crippen LogP contribution in [0.4, 0.5) is 5.82 Å². The summed E-state index contributed by atoms with van der Waals surface area (Å²) in [5, 5.41) is 14.2. The third-order valence-electron chi connectivity index (χ3n) is 5.41. The Bertz CT molecular complexity index is 1240. The Morgan fingerprint density at radius 3 is 2.74 bits per heavy atom. The molecule has 1 amide bonds. The number of β-amino-alcohol motifs (C(OH)–C–C–N with tert-alkyl or cyclic N) is 1. The van der Waals surface area contributed by atoms with Crippen LogP contribution < -0.4 is 5.73 Å². The predicted octanol–water partition coefficient (Wildman–Crippen LogP) is 2.03. The van der Waals surface area contributed by atoms with Crippen molar-refractivity contribution >= 4 is 17.4 Å². The van der Waals surface area contributed by atoms with Gasteiger partial charge in [-0.1, -0.05) is 6.07 Å². The first kappa shape index (κ1) is 19.1. The smallest absolute Gasteiger partial charge is 0.255 e. The SMILES string of the molecule is Nc1nn2cc(-c3ccc(C(=O)N4CCC[C@@H](O)C4)cn3)cnc2c1-c1ccccn1. The quantitative estimate of drug-likeness (QED) is 0.525. The van der Waals surface area contributed by atoms with Gasteiger partial charge in [0, 0.05) is 43.4 Å². The highest BCUT2D eigenvalue weighted by Gasteiger charge is 2.23. The number of fused-ring (bicyclic) bond motifs is 1. The van der Waals surface area contributed by atoms with Crippen LogP contribution in [0.25, 0.3) is 28.2 Å². The molecule has 1 aliphatic rings. The average molecular weight is 415 g/mol. The largest absolute Gasteiger partial charge is 0.391 e. The summed E-state index contributed by atoms with van der Waals surface area (Å²) in [6.45, 7) is 1.01.